The number of aromatic nitrogens is 2. The Morgan fingerprint density at radius 3 is 2.91 bits per heavy atom. The Kier molecular flexibility index (Phi) is 6.73. The van der Waals surface area contributed by atoms with Crippen LogP contribution in [-0.4, -0.2) is 23.4 Å². The minimum atomic E-state index is -0.264. The second kappa shape index (κ2) is 8.56. The Morgan fingerprint density at radius 2 is 2.23 bits per heavy atom. The van der Waals surface area contributed by atoms with Crippen molar-refractivity contribution < 1.29 is 4.39 Å². The molecule has 6 heteroatoms. The van der Waals surface area contributed by atoms with E-state index in [4.69, 9.17) is 11.6 Å². The van der Waals surface area contributed by atoms with Crippen molar-refractivity contribution in [2.24, 2.45) is 0 Å². The van der Waals surface area contributed by atoms with Gasteiger partial charge in [0.15, 0.2) is 0 Å². The van der Waals surface area contributed by atoms with Crippen LogP contribution in [0.15, 0.2) is 35.5 Å². The molecular formula is C16H21ClFN3S. The Hall–Kier alpha value is -1.04. The normalized spacial score (nSPS) is 12.5. The largest absolute Gasteiger partial charge is 0.320 e. The maximum absolute atomic E-state index is 13.8. The van der Waals surface area contributed by atoms with Crippen molar-refractivity contribution in [2.45, 2.75) is 36.6 Å². The van der Waals surface area contributed by atoms with Gasteiger partial charge in [-0.15, -0.1) is 0 Å². The van der Waals surface area contributed by atoms with E-state index in [0.29, 0.717) is 22.4 Å². The number of hydrogen-bond donors (Lipinski definition) is 1. The first-order chi connectivity index (χ1) is 10.6. The van der Waals surface area contributed by atoms with Crippen LogP contribution in [0.25, 0.3) is 0 Å². The van der Waals surface area contributed by atoms with Crippen molar-refractivity contribution in [1.29, 1.82) is 0 Å². The lowest BCUT2D eigenvalue weighted by Crippen LogP contribution is -2.16. The number of nitrogens with one attached hydrogen (secondary N) is 1. The summed E-state index contributed by atoms with van der Waals surface area (Å²) in [7, 11) is 1.96. The highest BCUT2D eigenvalue weighted by molar-refractivity contribution is 7.98. The van der Waals surface area contributed by atoms with Gasteiger partial charge in [0.1, 0.15) is 10.8 Å². The fourth-order valence-corrected chi connectivity index (χ4v) is 3.23. The SMILES string of the molecule is CCC(CCNC)n1ccc(SCc2ccc(Cl)cc2F)n1. The van der Waals surface area contributed by atoms with Gasteiger partial charge in [0.2, 0.25) is 0 Å². The Morgan fingerprint density at radius 1 is 1.41 bits per heavy atom. The van der Waals surface area contributed by atoms with Crippen molar-refractivity contribution in [3.05, 3.63) is 46.9 Å². The lowest BCUT2D eigenvalue weighted by atomic mass is 10.1. The van der Waals surface area contributed by atoms with E-state index in [-0.39, 0.29) is 5.82 Å². The van der Waals surface area contributed by atoms with Crippen LogP contribution in [0.1, 0.15) is 31.4 Å². The molecule has 22 heavy (non-hydrogen) atoms. The average Bonchev–Trinajstić information content (AvgIpc) is 2.96. The molecule has 120 valence electrons. The van der Waals surface area contributed by atoms with Crippen LogP contribution < -0.4 is 5.32 Å². The second-order valence-electron chi connectivity index (χ2n) is 5.11. The van der Waals surface area contributed by atoms with Gasteiger partial charge in [-0.05, 0) is 50.2 Å². The first kappa shape index (κ1) is 17.3. The molecule has 3 nitrogen and oxygen atoms in total. The van der Waals surface area contributed by atoms with Crippen molar-refractivity contribution in [3.8, 4) is 0 Å². The molecule has 2 rings (SSSR count). The molecule has 0 bridgehead atoms. The van der Waals surface area contributed by atoms with E-state index in [9.17, 15) is 4.39 Å². The van der Waals surface area contributed by atoms with Gasteiger partial charge in [-0.1, -0.05) is 36.4 Å². The molecule has 1 unspecified atom stereocenters. The molecule has 0 radical (unpaired) electrons. The number of halogens is 2. The fraction of sp³-hybridized carbons (Fsp3) is 0.438. The summed E-state index contributed by atoms with van der Waals surface area (Å²) in [6.45, 7) is 3.13. The Balaban J connectivity index is 1.96. The van der Waals surface area contributed by atoms with Gasteiger partial charge in [0.05, 0.1) is 6.04 Å². The number of benzene rings is 1. The van der Waals surface area contributed by atoms with Gasteiger partial charge in [0.25, 0.3) is 0 Å². The van der Waals surface area contributed by atoms with Crippen LogP contribution in [0.2, 0.25) is 5.02 Å². The van der Waals surface area contributed by atoms with Crippen LogP contribution in [-0.2, 0) is 5.75 Å². The van der Waals surface area contributed by atoms with Crippen molar-refractivity contribution in [3.63, 3.8) is 0 Å². The van der Waals surface area contributed by atoms with Gasteiger partial charge in [-0.3, -0.25) is 4.68 Å². The third-order valence-electron chi connectivity index (χ3n) is 3.55. The molecule has 2 aromatic rings. The summed E-state index contributed by atoms with van der Waals surface area (Å²) in [5.41, 5.74) is 0.645. The van der Waals surface area contributed by atoms with E-state index < -0.39 is 0 Å². The van der Waals surface area contributed by atoms with Gasteiger partial charge in [-0.25, -0.2) is 4.39 Å². The standard InChI is InChI=1S/C16H21ClFN3S/c1-3-14(6-8-19-2)21-9-7-16(20-21)22-11-12-4-5-13(17)10-15(12)18/h4-5,7,9-10,14,19H,3,6,8,11H2,1-2H3. The Labute approximate surface area is 140 Å². The molecule has 0 spiro atoms. The molecule has 1 heterocycles. The summed E-state index contributed by atoms with van der Waals surface area (Å²) >= 11 is 7.30. The summed E-state index contributed by atoms with van der Waals surface area (Å²) in [6.07, 6.45) is 4.09. The summed E-state index contributed by atoms with van der Waals surface area (Å²) in [5.74, 6) is 0.285. The molecule has 1 aromatic carbocycles. The maximum atomic E-state index is 13.8. The molecule has 0 amide bonds. The van der Waals surface area contributed by atoms with Gasteiger partial charge < -0.3 is 5.32 Å². The third kappa shape index (κ3) is 4.73. The van der Waals surface area contributed by atoms with E-state index in [2.05, 4.69) is 17.3 Å². The molecule has 0 saturated heterocycles. The summed E-state index contributed by atoms with van der Waals surface area (Å²) < 4.78 is 15.8. The zero-order valence-corrected chi connectivity index (χ0v) is 14.4. The molecule has 0 saturated carbocycles. The third-order valence-corrected chi connectivity index (χ3v) is 4.75. The van der Waals surface area contributed by atoms with Gasteiger partial charge in [-0.2, -0.15) is 5.10 Å². The molecule has 1 atom stereocenters. The van der Waals surface area contributed by atoms with E-state index in [1.165, 1.54) is 17.8 Å². The topological polar surface area (TPSA) is 29.9 Å². The monoisotopic (exact) mass is 341 g/mol. The number of rotatable bonds is 8. The van der Waals surface area contributed by atoms with Crippen molar-refractivity contribution in [1.82, 2.24) is 15.1 Å². The molecule has 0 aliphatic heterocycles. The molecule has 0 aliphatic rings. The lowest BCUT2D eigenvalue weighted by Gasteiger charge is -2.15. The molecule has 0 aliphatic carbocycles. The predicted molar refractivity (Wildman–Crippen MR) is 91.1 cm³/mol. The highest BCUT2D eigenvalue weighted by atomic mass is 35.5. The highest BCUT2D eigenvalue weighted by Gasteiger charge is 2.11. The van der Waals surface area contributed by atoms with E-state index in [0.717, 1.165) is 24.4 Å². The van der Waals surface area contributed by atoms with Crippen molar-refractivity contribution in [2.75, 3.05) is 13.6 Å². The number of nitrogens with zero attached hydrogens (tertiary/aromatic N) is 2. The average molecular weight is 342 g/mol. The van der Waals surface area contributed by atoms with Crippen LogP contribution >= 0.6 is 23.4 Å². The highest BCUT2D eigenvalue weighted by Crippen LogP contribution is 2.25. The zero-order valence-electron chi connectivity index (χ0n) is 12.9. The summed E-state index contributed by atoms with van der Waals surface area (Å²) in [5, 5.41) is 9.10. The van der Waals surface area contributed by atoms with Gasteiger partial charge in [0, 0.05) is 17.0 Å². The Bertz CT molecular complexity index is 603. The van der Waals surface area contributed by atoms with Crippen molar-refractivity contribution >= 4 is 23.4 Å². The van der Waals surface area contributed by atoms with Crippen LogP contribution in [0, 0.1) is 5.82 Å². The van der Waals surface area contributed by atoms with Gasteiger partial charge >= 0.3 is 0 Å². The first-order valence-corrected chi connectivity index (χ1v) is 8.77. The second-order valence-corrected chi connectivity index (χ2v) is 6.54. The number of hydrogen-bond acceptors (Lipinski definition) is 3. The fourth-order valence-electron chi connectivity index (χ4n) is 2.23. The van der Waals surface area contributed by atoms with Crippen LogP contribution in [0.4, 0.5) is 4.39 Å². The summed E-state index contributed by atoms with van der Waals surface area (Å²) in [4.78, 5) is 0. The minimum Gasteiger partial charge on any atom is -0.320 e. The molecular weight excluding hydrogens is 321 g/mol. The molecule has 0 fully saturated rings. The minimum absolute atomic E-state index is 0.264. The molecule has 1 aromatic heterocycles. The lowest BCUT2D eigenvalue weighted by molar-refractivity contribution is 0.403. The van der Waals surface area contributed by atoms with E-state index in [1.807, 2.05) is 24.0 Å². The van der Waals surface area contributed by atoms with Crippen LogP contribution in [0.5, 0.6) is 0 Å². The van der Waals surface area contributed by atoms with Crippen LogP contribution in [0.3, 0.4) is 0 Å². The smallest absolute Gasteiger partial charge is 0.128 e. The number of thioether (sulfide) groups is 1. The first-order valence-electron chi connectivity index (χ1n) is 7.40. The maximum Gasteiger partial charge on any atom is 0.128 e. The quantitative estimate of drug-likeness (QED) is 0.715. The zero-order chi connectivity index (χ0) is 15.9. The summed E-state index contributed by atoms with van der Waals surface area (Å²) in [6, 6.07) is 7.17. The molecule has 1 N–H and O–H groups in total. The predicted octanol–water partition coefficient (Wildman–Crippen LogP) is 4.53. The van der Waals surface area contributed by atoms with E-state index in [1.54, 1.807) is 12.1 Å². The van der Waals surface area contributed by atoms with E-state index >= 15 is 0 Å².